The fourth-order valence-corrected chi connectivity index (χ4v) is 7.99. The number of para-hydroxylation sites is 3. The van der Waals surface area contributed by atoms with Crippen molar-refractivity contribution in [2.24, 2.45) is 0 Å². The third kappa shape index (κ3) is 6.01. The lowest BCUT2D eigenvalue weighted by Crippen LogP contribution is -2.41. The summed E-state index contributed by atoms with van der Waals surface area (Å²) in [6.07, 6.45) is 0. The largest absolute Gasteiger partial charge is 0.455 e. The molecule has 0 atom stereocenters. The fraction of sp³-hybridized carbons (Fsp3) is 0.0392. The molecule has 0 amide bonds. The van der Waals surface area contributed by atoms with Crippen LogP contribution in [0.15, 0.2) is 199 Å². The Labute approximate surface area is 325 Å². The predicted molar refractivity (Wildman–Crippen MR) is 231 cm³/mol. The molecule has 10 aromatic rings. The van der Waals surface area contributed by atoms with Gasteiger partial charge in [0.05, 0.1) is 17.6 Å². The Morgan fingerprint density at radius 2 is 1.09 bits per heavy atom. The lowest BCUT2D eigenvalue weighted by molar-refractivity contribution is 0.294. The molecule has 5 nitrogen and oxygen atoms in total. The van der Waals surface area contributed by atoms with E-state index in [2.05, 4.69) is 150 Å². The van der Waals surface area contributed by atoms with Crippen molar-refractivity contribution >= 4 is 49.6 Å². The van der Waals surface area contributed by atoms with Crippen LogP contribution < -0.4 is 5.43 Å². The summed E-state index contributed by atoms with van der Waals surface area (Å²) in [5.41, 5.74) is 16.3. The Morgan fingerprint density at radius 3 is 1.80 bits per heavy atom. The van der Waals surface area contributed by atoms with Crippen LogP contribution >= 0.6 is 0 Å². The minimum atomic E-state index is 0.429. The average molecular weight is 723 g/mol. The van der Waals surface area contributed by atoms with Gasteiger partial charge in [0.25, 0.3) is 0 Å². The van der Waals surface area contributed by atoms with Crippen LogP contribution in [-0.2, 0) is 13.1 Å². The average Bonchev–Trinajstić information content (AvgIpc) is 3.82. The molecule has 0 spiro atoms. The van der Waals surface area contributed by atoms with Gasteiger partial charge in [-0.3, -0.25) is 10.4 Å². The Kier molecular flexibility index (Phi) is 8.47. The summed E-state index contributed by atoms with van der Waals surface area (Å²) in [5, 5.41) is 15.6. The molecule has 0 saturated heterocycles. The van der Waals surface area contributed by atoms with Gasteiger partial charge < -0.3 is 8.98 Å². The van der Waals surface area contributed by atoms with Crippen LogP contribution in [0.1, 0.15) is 16.7 Å². The second-order valence-electron chi connectivity index (χ2n) is 14.2. The highest BCUT2D eigenvalue weighted by Crippen LogP contribution is 2.41. The molecule has 0 unspecified atom stereocenters. The topological polar surface area (TPSA) is 57.2 Å². The first-order valence-corrected chi connectivity index (χ1v) is 19.0. The number of nitrogens with zero attached hydrogens (tertiary/aromatic N) is 2. The smallest absolute Gasteiger partial charge is 0.143 e. The zero-order valence-corrected chi connectivity index (χ0v) is 30.7. The number of furan rings is 1. The monoisotopic (exact) mass is 722 g/mol. The second-order valence-corrected chi connectivity index (χ2v) is 14.2. The Bertz CT molecular complexity index is 3000. The molecule has 2 heterocycles. The van der Waals surface area contributed by atoms with Crippen molar-refractivity contribution in [2.45, 2.75) is 13.1 Å². The van der Waals surface area contributed by atoms with E-state index >= 15 is 0 Å². The first-order valence-electron chi connectivity index (χ1n) is 19.0. The molecule has 5 heteroatoms. The summed E-state index contributed by atoms with van der Waals surface area (Å²) in [6, 6.07) is 67.7. The first-order chi connectivity index (χ1) is 27.7. The third-order valence-electron chi connectivity index (χ3n) is 10.8. The maximum atomic E-state index is 9.09. The second kappa shape index (κ2) is 14.2. The van der Waals surface area contributed by atoms with Gasteiger partial charge in [-0.15, -0.1) is 0 Å². The number of hydrogen-bond acceptors (Lipinski definition) is 3. The predicted octanol–water partition coefficient (Wildman–Crippen LogP) is 12.5. The van der Waals surface area contributed by atoms with Gasteiger partial charge in [0.2, 0.25) is 0 Å². The number of rotatable bonds is 9. The van der Waals surface area contributed by atoms with Crippen molar-refractivity contribution in [1.82, 2.24) is 15.0 Å². The number of nitrogens with one attached hydrogen (secondary N) is 2. The fourth-order valence-electron chi connectivity index (χ4n) is 7.99. The molecule has 8 aromatic carbocycles. The summed E-state index contributed by atoms with van der Waals surface area (Å²) in [6.45, 7) is 1.16. The van der Waals surface area contributed by atoms with Crippen molar-refractivity contribution in [1.29, 1.82) is 5.41 Å². The minimum absolute atomic E-state index is 0.429. The van der Waals surface area contributed by atoms with Gasteiger partial charge in [-0.1, -0.05) is 164 Å². The van der Waals surface area contributed by atoms with Crippen molar-refractivity contribution in [3.63, 3.8) is 0 Å². The van der Waals surface area contributed by atoms with Crippen molar-refractivity contribution in [3.05, 3.63) is 211 Å². The molecule has 10 rings (SSSR count). The van der Waals surface area contributed by atoms with E-state index in [-0.39, 0.29) is 0 Å². The normalized spacial score (nSPS) is 11.5. The number of hydrazine groups is 1. The Hall–Kier alpha value is -7.21. The van der Waals surface area contributed by atoms with Crippen LogP contribution in [0.25, 0.3) is 71.7 Å². The Balaban J connectivity index is 1.01. The highest BCUT2D eigenvalue weighted by molar-refractivity contribution is 6.15. The summed E-state index contributed by atoms with van der Waals surface area (Å²) >= 11 is 0. The van der Waals surface area contributed by atoms with Gasteiger partial charge in [-0.05, 0) is 52.6 Å². The number of hydrogen-bond donors (Lipinski definition) is 2. The quantitative estimate of drug-likeness (QED) is 0.0886. The minimum Gasteiger partial charge on any atom is -0.455 e. The van der Waals surface area contributed by atoms with E-state index in [1.54, 1.807) is 0 Å². The molecule has 0 aliphatic carbocycles. The van der Waals surface area contributed by atoms with Crippen molar-refractivity contribution < 1.29 is 4.42 Å². The lowest BCUT2D eigenvalue weighted by atomic mass is 9.99. The van der Waals surface area contributed by atoms with E-state index in [0.29, 0.717) is 18.9 Å². The van der Waals surface area contributed by atoms with E-state index in [1.807, 2.05) is 59.6 Å². The standard InChI is InChI=1S/C51H38N4O/c52-51(38-18-8-3-9-19-38)54(53-33-35-14-4-1-5-15-35)34-36-26-29-40(30-27-36)55-47-25-11-10-20-43(47)46-32-39(28-31-48(46)55)42-22-13-24-45-44-23-12-21-41(49(44)56-50(42)45)37-16-6-2-7-17-37/h1-32,52-53H,33-34H2. The van der Waals surface area contributed by atoms with Crippen LogP contribution in [0.2, 0.25) is 0 Å². The van der Waals surface area contributed by atoms with Gasteiger partial charge in [0.15, 0.2) is 0 Å². The number of benzene rings is 8. The molecule has 0 aliphatic rings. The number of amidine groups is 1. The van der Waals surface area contributed by atoms with Gasteiger partial charge in [0.1, 0.15) is 17.0 Å². The summed E-state index contributed by atoms with van der Waals surface area (Å²) in [7, 11) is 0. The summed E-state index contributed by atoms with van der Waals surface area (Å²) < 4.78 is 9.14. The number of fused-ring (bicyclic) bond motifs is 6. The van der Waals surface area contributed by atoms with E-state index in [9.17, 15) is 0 Å². The van der Waals surface area contributed by atoms with Gasteiger partial charge in [0, 0.05) is 50.5 Å². The first kappa shape index (κ1) is 33.4. The van der Waals surface area contributed by atoms with E-state index in [0.717, 1.165) is 77.6 Å². The molecule has 2 aromatic heterocycles. The Morgan fingerprint density at radius 1 is 0.500 bits per heavy atom. The number of aromatic nitrogens is 1. The molecule has 2 N–H and O–H groups in total. The van der Waals surface area contributed by atoms with Crippen LogP contribution in [-0.4, -0.2) is 15.4 Å². The van der Waals surface area contributed by atoms with Gasteiger partial charge in [-0.25, -0.2) is 5.43 Å². The molecule has 0 fully saturated rings. The summed E-state index contributed by atoms with van der Waals surface area (Å²) in [4.78, 5) is 0. The van der Waals surface area contributed by atoms with Crippen LogP contribution in [0.4, 0.5) is 0 Å². The molecule has 0 radical (unpaired) electrons. The molecule has 268 valence electrons. The maximum absolute atomic E-state index is 9.09. The zero-order chi connectivity index (χ0) is 37.4. The van der Waals surface area contributed by atoms with E-state index in [4.69, 9.17) is 9.83 Å². The van der Waals surface area contributed by atoms with Crippen LogP contribution in [0.5, 0.6) is 0 Å². The zero-order valence-electron chi connectivity index (χ0n) is 30.7. The van der Waals surface area contributed by atoms with Crippen molar-refractivity contribution in [2.75, 3.05) is 0 Å². The van der Waals surface area contributed by atoms with Crippen LogP contribution in [0.3, 0.4) is 0 Å². The highest BCUT2D eigenvalue weighted by Gasteiger charge is 2.19. The molecule has 56 heavy (non-hydrogen) atoms. The molecular formula is C51H38N4O. The highest BCUT2D eigenvalue weighted by atomic mass is 16.3. The molecular weight excluding hydrogens is 685 g/mol. The van der Waals surface area contributed by atoms with E-state index in [1.165, 1.54) is 10.8 Å². The lowest BCUT2D eigenvalue weighted by Gasteiger charge is -2.26. The third-order valence-corrected chi connectivity index (χ3v) is 10.8. The summed E-state index contributed by atoms with van der Waals surface area (Å²) in [5.74, 6) is 0.429. The van der Waals surface area contributed by atoms with E-state index < -0.39 is 0 Å². The van der Waals surface area contributed by atoms with Gasteiger partial charge in [-0.2, -0.15) is 0 Å². The molecule has 0 saturated carbocycles. The SMILES string of the molecule is N=C(c1ccccc1)N(Cc1ccc(-n2c3ccccc3c3cc(-c4cccc5c4oc4c(-c6ccccc6)cccc45)ccc32)cc1)NCc1ccccc1. The molecule has 0 bridgehead atoms. The maximum Gasteiger partial charge on any atom is 0.143 e. The van der Waals surface area contributed by atoms with Crippen molar-refractivity contribution in [3.8, 4) is 27.9 Å². The molecule has 0 aliphatic heterocycles. The van der Waals surface area contributed by atoms with Gasteiger partial charge >= 0.3 is 0 Å². The van der Waals surface area contributed by atoms with Crippen LogP contribution in [0, 0.1) is 5.41 Å².